The zero-order valence-electron chi connectivity index (χ0n) is 68.5. The second-order valence-corrected chi connectivity index (χ2v) is 34.9. The second-order valence-electron chi connectivity index (χ2n) is 34.9. The number of hydrogen-bond acceptors (Lipinski definition) is 9. The molecule has 16 aliphatic rings. The fourth-order valence-corrected chi connectivity index (χ4v) is 24.4. The highest BCUT2D eigenvalue weighted by Gasteiger charge is 2.51. The molecule has 16 bridgehead atoms. The Morgan fingerprint density at radius 2 is 0.598 bits per heavy atom. The molecule has 0 spiro atoms. The summed E-state index contributed by atoms with van der Waals surface area (Å²) in [5.74, 6) is 12.2. The van der Waals surface area contributed by atoms with Crippen molar-refractivity contribution in [1.29, 1.82) is 0 Å². The third kappa shape index (κ3) is 21.7. The standard InChI is InChI=1S/C46H70O4.4C11H16O.C4H10O.BF3/c1-7-30-19-36-21-34(30)23-43(36)48-38(11-5)25-40(49-44-24-35-22-37(44)20-31(35)8-2)26-39(50-46-18-29-14-33(10-4)42(46)16-29)12-27(6)47-45-17-28-13-32(9-3)41(45)15-28;2*1-3-9-5-8-6-10(9)11(7-8)12-4-2;2*1-3-8-5-10-6-9(8)7-11(10)12-4-2;1-3-5-4-2;2-1(3)4/h7-10,27-29,34-46H,11-26H2,1-6H3;2*3-4,8,10-11H,2,5-7H2,1H3;2*3-4,9-11H,2,5-7H2,1H3;3-4H2,1-2H3;/b30-7-,31-8+,32-9-,33-10+;9-3+;9-3-;8-3+;8-3-;;. The molecule has 16 aliphatic carbocycles. The monoisotopic (exact) mass is 1490 g/mol. The Morgan fingerprint density at radius 1 is 0.327 bits per heavy atom. The van der Waals surface area contributed by atoms with Gasteiger partial charge in [-0.25, -0.2) is 0 Å². The van der Waals surface area contributed by atoms with E-state index in [1.165, 1.54) is 154 Å². The molecule has 16 saturated carbocycles. The number of fused-ring (bicyclic) bond motifs is 16. The molecule has 0 aromatic carbocycles. The molecule has 107 heavy (non-hydrogen) atoms. The van der Waals surface area contributed by atoms with E-state index in [1.54, 1.807) is 69.6 Å². The zero-order valence-corrected chi connectivity index (χ0v) is 68.5. The molecule has 0 N–H and O–H groups in total. The molecule has 9 nitrogen and oxygen atoms in total. The van der Waals surface area contributed by atoms with Gasteiger partial charge in [0.15, 0.2) is 0 Å². The van der Waals surface area contributed by atoms with Crippen molar-refractivity contribution in [2.75, 3.05) is 13.2 Å². The van der Waals surface area contributed by atoms with Gasteiger partial charge in [0, 0.05) is 48.7 Å². The first-order valence-electron chi connectivity index (χ1n) is 43.3. The molecular formula is C94H144BF3O9. The summed E-state index contributed by atoms with van der Waals surface area (Å²) in [6.07, 6.45) is 63.9. The van der Waals surface area contributed by atoms with Gasteiger partial charge in [-0.1, -0.05) is 126 Å². The van der Waals surface area contributed by atoms with Gasteiger partial charge in [0.25, 0.3) is 0 Å². The molecule has 0 heterocycles. The lowest BCUT2D eigenvalue weighted by molar-refractivity contribution is -0.125. The minimum absolute atomic E-state index is 0.152. The van der Waals surface area contributed by atoms with Crippen molar-refractivity contribution in [1.82, 2.24) is 0 Å². The van der Waals surface area contributed by atoms with Gasteiger partial charge in [0.2, 0.25) is 0 Å². The summed E-state index contributed by atoms with van der Waals surface area (Å²) < 4.78 is 84.5. The fourth-order valence-electron chi connectivity index (χ4n) is 24.4. The first-order chi connectivity index (χ1) is 51.9. The van der Waals surface area contributed by atoms with Crippen LogP contribution in [0.1, 0.15) is 263 Å². The lowest BCUT2D eigenvalue weighted by atomic mass is 9.90. The average Bonchev–Trinajstić information content (AvgIpc) is 1.68. The molecule has 28 atom stereocenters. The predicted octanol–water partition coefficient (Wildman–Crippen LogP) is 24.6. The maximum absolute atomic E-state index is 9.67. The second kappa shape index (κ2) is 41.5. The summed E-state index contributed by atoms with van der Waals surface area (Å²) in [6.45, 7) is 42.3. The Hall–Kier alpha value is -4.27. The van der Waals surface area contributed by atoms with E-state index in [1.807, 2.05) is 13.8 Å². The van der Waals surface area contributed by atoms with Crippen molar-refractivity contribution < 1.29 is 55.6 Å². The molecular weight excluding hydrogens is 1340 g/mol. The highest BCUT2D eigenvalue weighted by atomic mass is 19.4. The van der Waals surface area contributed by atoms with E-state index in [2.05, 4.69) is 144 Å². The van der Waals surface area contributed by atoms with E-state index < -0.39 is 7.54 Å². The van der Waals surface area contributed by atoms with Gasteiger partial charge in [-0.05, 0) is 315 Å². The molecule has 0 aromatic heterocycles. The number of allylic oxidation sites excluding steroid dienone is 12. The summed E-state index contributed by atoms with van der Waals surface area (Å²) in [5, 5.41) is 0. The SMILES string of the molecule is C/C=C1/CC2CC1CC2OC(CC)CC(CC(CC(C)OC1CC2C/C(=C/C)C1C2)OC1CC2C/C(=C\C)C1C2)OC1CC2CC1C/C2=C\C.C=COC1CC2C/C(=C/C)C1C2.C=COC1CC2C/C(=C\C)C1C2.C=COC1CC2CC1C/C2=C/C.C=COC1CC2CC1C/C2=C\C.CCOCC.FB(F)F. The maximum Gasteiger partial charge on any atom is 0.762 e. The van der Waals surface area contributed by atoms with Crippen molar-refractivity contribution >= 4 is 7.54 Å². The highest BCUT2D eigenvalue weighted by molar-refractivity contribution is 6.33. The molecule has 13 heteroatoms. The molecule has 0 aliphatic heterocycles. The van der Waals surface area contributed by atoms with Crippen LogP contribution in [0.2, 0.25) is 0 Å². The smallest absolute Gasteiger partial charge is 0.498 e. The Balaban J connectivity index is 0.000000170. The van der Waals surface area contributed by atoms with Crippen LogP contribution in [0.4, 0.5) is 12.9 Å². The normalized spacial score (nSPS) is 40.7. The number of ether oxygens (including phenoxy) is 9. The third-order valence-electron chi connectivity index (χ3n) is 29.1. The molecule has 0 radical (unpaired) electrons. The first kappa shape index (κ1) is 85.2. The molecule has 0 amide bonds. The van der Waals surface area contributed by atoms with Gasteiger partial charge in [-0.15, -0.1) is 0 Å². The first-order valence-corrected chi connectivity index (χ1v) is 43.3. The van der Waals surface area contributed by atoms with E-state index in [4.69, 9.17) is 42.6 Å². The van der Waals surface area contributed by atoms with E-state index in [0.717, 1.165) is 98.1 Å². The Labute approximate surface area is 648 Å². The van der Waals surface area contributed by atoms with Crippen LogP contribution >= 0.6 is 0 Å². The summed E-state index contributed by atoms with van der Waals surface area (Å²) in [7, 11) is -3.67. The van der Waals surface area contributed by atoms with Crippen LogP contribution in [0, 0.1) is 94.7 Å². The van der Waals surface area contributed by atoms with Crippen LogP contribution in [-0.2, 0) is 42.6 Å². The molecule has 28 unspecified atom stereocenters. The maximum atomic E-state index is 9.67. The number of hydrogen-bond donors (Lipinski definition) is 0. The van der Waals surface area contributed by atoms with Crippen LogP contribution in [0.5, 0.6) is 0 Å². The quantitative estimate of drug-likeness (QED) is 0.0504. The summed E-state index contributed by atoms with van der Waals surface area (Å²) in [6, 6.07) is 0. The van der Waals surface area contributed by atoms with E-state index >= 15 is 0 Å². The van der Waals surface area contributed by atoms with Gasteiger partial charge >= 0.3 is 7.54 Å². The van der Waals surface area contributed by atoms with Crippen LogP contribution in [0.15, 0.2) is 145 Å². The van der Waals surface area contributed by atoms with E-state index in [-0.39, 0.29) is 24.4 Å². The minimum Gasteiger partial charge on any atom is -0.498 e. The van der Waals surface area contributed by atoms with Crippen LogP contribution in [0.3, 0.4) is 0 Å². The molecule has 0 saturated heterocycles. The molecule has 598 valence electrons. The van der Waals surface area contributed by atoms with Gasteiger partial charge in [0.05, 0.1) is 73.9 Å². The minimum atomic E-state index is -3.67. The lowest BCUT2D eigenvalue weighted by Gasteiger charge is -2.37. The van der Waals surface area contributed by atoms with E-state index in [9.17, 15) is 12.9 Å². The number of halogens is 3. The molecule has 16 rings (SSSR count). The Bertz CT molecular complexity index is 3010. The summed E-state index contributed by atoms with van der Waals surface area (Å²) in [5.41, 5.74) is 13.2. The van der Waals surface area contributed by atoms with Crippen LogP contribution < -0.4 is 0 Å². The number of rotatable bonds is 25. The summed E-state index contributed by atoms with van der Waals surface area (Å²) in [4.78, 5) is 0. The lowest BCUT2D eigenvalue weighted by Crippen LogP contribution is -2.38. The average molecular weight is 1490 g/mol. The van der Waals surface area contributed by atoms with Gasteiger partial charge in [-0.2, -0.15) is 0 Å². The van der Waals surface area contributed by atoms with Gasteiger partial charge < -0.3 is 42.6 Å². The highest BCUT2D eigenvalue weighted by Crippen LogP contribution is 2.57. The third-order valence-corrected chi connectivity index (χ3v) is 29.1. The van der Waals surface area contributed by atoms with Crippen LogP contribution in [-0.4, -0.2) is 94.0 Å². The van der Waals surface area contributed by atoms with Crippen molar-refractivity contribution in [3.8, 4) is 0 Å². The van der Waals surface area contributed by atoms with Gasteiger partial charge in [0.1, 0.15) is 24.4 Å². The van der Waals surface area contributed by atoms with Crippen molar-refractivity contribution in [3.05, 3.63) is 145 Å². The Morgan fingerprint density at radius 3 is 0.879 bits per heavy atom. The summed E-state index contributed by atoms with van der Waals surface area (Å²) >= 11 is 0. The fraction of sp³-hybridized carbons (Fsp3) is 0.745. The predicted molar refractivity (Wildman–Crippen MR) is 433 cm³/mol. The van der Waals surface area contributed by atoms with Crippen LogP contribution in [0.25, 0.3) is 0 Å². The topological polar surface area (TPSA) is 83.1 Å². The Kier molecular flexibility index (Phi) is 33.0. The zero-order chi connectivity index (χ0) is 76.4. The van der Waals surface area contributed by atoms with E-state index in [0.29, 0.717) is 84.3 Å². The van der Waals surface area contributed by atoms with Gasteiger partial charge in [-0.3, -0.25) is 12.9 Å². The van der Waals surface area contributed by atoms with Crippen molar-refractivity contribution in [3.63, 3.8) is 0 Å². The van der Waals surface area contributed by atoms with Crippen molar-refractivity contribution in [2.45, 2.75) is 336 Å². The van der Waals surface area contributed by atoms with Crippen molar-refractivity contribution in [2.24, 2.45) is 94.7 Å². The molecule has 0 aromatic rings. The largest absolute Gasteiger partial charge is 0.762 e. The molecule has 16 fully saturated rings.